The summed E-state index contributed by atoms with van der Waals surface area (Å²) in [5.41, 5.74) is 5.32. The van der Waals surface area contributed by atoms with Crippen LogP contribution in [0.1, 0.15) is 18.5 Å². The third-order valence-electron chi connectivity index (χ3n) is 7.42. The van der Waals surface area contributed by atoms with Crippen LogP contribution in [0.25, 0.3) is 27.7 Å². The molecule has 6 rings (SSSR count). The standard InChI is InChI=1S/C26H30FN7/c1-18-13-22(23-14-19(27)3-4-25(23)30-18)24-16-29-34-17-21(15-28-26(24)34)32-7-5-20(6-8-32)33-11-9-31(2)10-12-33/h3-4,13-17,20H,5-12H2,1-2H3. The van der Waals surface area contributed by atoms with Crippen LogP contribution in [0.4, 0.5) is 10.1 Å². The molecule has 2 saturated heterocycles. The number of rotatable bonds is 3. The molecular weight excluding hydrogens is 429 g/mol. The maximum Gasteiger partial charge on any atom is 0.162 e. The van der Waals surface area contributed by atoms with Crippen LogP contribution in [0.15, 0.2) is 42.9 Å². The largest absolute Gasteiger partial charge is 0.369 e. The molecule has 8 heteroatoms. The van der Waals surface area contributed by atoms with Gasteiger partial charge in [0.25, 0.3) is 0 Å². The van der Waals surface area contributed by atoms with Crippen molar-refractivity contribution in [3.05, 3.63) is 54.4 Å². The van der Waals surface area contributed by atoms with Crippen LogP contribution in [0.2, 0.25) is 0 Å². The molecule has 5 heterocycles. The third-order valence-corrected chi connectivity index (χ3v) is 7.42. The minimum absolute atomic E-state index is 0.272. The number of fused-ring (bicyclic) bond motifs is 2. The van der Waals surface area contributed by atoms with Crippen molar-refractivity contribution >= 4 is 22.2 Å². The lowest BCUT2D eigenvalue weighted by Crippen LogP contribution is -2.52. The number of halogens is 1. The zero-order valence-electron chi connectivity index (χ0n) is 19.8. The third kappa shape index (κ3) is 3.91. The molecule has 3 aromatic heterocycles. The second kappa shape index (κ2) is 8.60. The Morgan fingerprint density at radius 3 is 2.53 bits per heavy atom. The number of aryl methyl sites for hydroxylation is 1. The fourth-order valence-electron chi connectivity index (χ4n) is 5.45. The number of anilines is 1. The predicted molar refractivity (Wildman–Crippen MR) is 133 cm³/mol. The minimum Gasteiger partial charge on any atom is -0.369 e. The number of pyridine rings is 1. The molecule has 2 fully saturated rings. The van der Waals surface area contributed by atoms with E-state index in [9.17, 15) is 4.39 Å². The molecule has 4 aromatic rings. The van der Waals surface area contributed by atoms with E-state index in [1.807, 2.05) is 29.9 Å². The van der Waals surface area contributed by atoms with Crippen molar-refractivity contribution in [1.29, 1.82) is 0 Å². The van der Waals surface area contributed by atoms with Crippen molar-refractivity contribution in [2.45, 2.75) is 25.8 Å². The van der Waals surface area contributed by atoms with Crippen molar-refractivity contribution in [2.75, 3.05) is 51.2 Å². The Morgan fingerprint density at radius 1 is 0.941 bits per heavy atom. The first-order valence-corrected chi connectivity index (χ1v) is 12.1. The number of hydrogen-bond donors (Lipinski definition) is 0. The van der Waals surface area contributed by atoms with Gasteiger partial charge in [0.15, 0.2) is 5.65 Å². The van der Waals surface area contributed by atoms with Crippen LogP contribution in [0, 0.1) is 12.7 Å². The Balaban J connectivity index is 1.25. The van der Waals surface area contributed by atoms with E-state index in [1.165, 1.54) is 45.1 Å². The quantitative estimate of drug-likeness (QED) is 0.467. The Hall–Kier alpha value is -3.10. The first-order chi connectivity index (χ1) is 16.5. The van der Waals surface area contributed by atoms with Crippen molar-refractivity contribution < 1.29 is 4.39 Å². The van der Waals surface area contributed by atoms with Crippen molar-refractivity contribution in [1.82, 2.24) is 29.4 Å². The fourth-order valence-corrected chi connectivity index (χ4v) is 5.45. The monoisotopic (exact) mass is 459 g/mol. The number of piperazine rings is 1. The van der Waals surface area contributed by atoms with Gasteiger partial charge in [0.05, 0.1) is 29.8 Å². The predicted octanol–water partition coefficient (Wildman–Crippen LogP) is 3.61. The van der Waals surface area contributed by atoms with Crippen LogP contribution in [-0.2, 0) is 0 Å². The molecule has 0 N–H and O–H groups in total. The highest BCUT2D eigenvalue weighted by atomic mass is 19.1. The smallest absolute Gasteiger partial charge is 0.162 e. The Labute approximate surface area is 198 Å². The first kappa shape index (κ1) is 21.4. The van der Waals surface area contributed by atoms with Gasteiger partial charge in [-0.2, -0.15) is 5.10 Å². The van der Waals surface area contributed by atoms with Gasteiger partial charge in [0.1, 0.15) is 5.82 Å². The molecule has 0 unspecified atom stereocenters. The lowest BCUT2D eigenvalue weighted by atomic mass is 10.0. The summed E-state index contributed by atoms with van der Waals surface area (Å²) in [5, 5.41) is 5.38. The second-order valence-electron chi connectivity index (χ2n) is 9.67. The van der Waals surface area contributed by atoms with Gasteiger partial charge in [-0.25, -0.2) is 13.9 Å². The van der Waals surface area contributed by atoms with Crippen LogP contribution in [0.3, 0.4) is 0 Å². The molecule has 0 saturated carbocycles. The van der Waals surface area contributed by atoms with E-state index in [-0.39, 0.29) is 5.82 Å². The van der Waals surface area contributed by atoms with E-state index in [2.05, 4.69) is 38.0 Å². The Kier molecular flexibility index (Phi) is 5.42. The van der Waals surface area contributed by atoms with Crippen molar-refractivity contribution in [3.8, 4) is 11.1 Å². The lowest BCUT2D eigenvalue weighted by molar-refractivity contribution is 0.0982. The molecular formula is C26H30FN7. The summed E-state index contributed by atoms with van der Waals surface area (Å²) in [4.78, 5) is 16.9. The molecule has 0 bridgehead atoms. The summed E-state index contributed by atoms with van der Waals surface area (Å²) >= 11 is 0. The van der Waals surface area contributed by atoms with E-state index in [0.29, 0.717) is 6.04 Å². The van der Waals surface area contributed by atoms with Gasteiger partial charge in [-0.3, -0.25) is 9.88 Å². The van der Waals surface area contributed by atoms with Crippen molar-refractivity contribution in [3.63, 3.8) is 0 Å². The fraction of sp³-hybridized carbons (Fsp3) is 0.423. The van der Waals surface area contributed by atoms with Crippen molar-refractivity contribution in [2.24, 2.45) is 0 Å². The summed E-state index contributed by atoms with van der Waals surface area (Å²) in [6, 6.07) is 7.38. The zero-order valence-corrected chi connectivity index (χ0v) is 19.8. The Morgan fingerprint density at radius 2 is 1.74 bits per heavy atom. The van der Waals surface area contributed by atoms with Crippen LogP contribution < -0.4 is 4.90 Å². The molecule has 7 nitrogen and oxygen atoms in total. The van der Waals surface area contributed by atoms with E-state index in [1.54, 1.807) is 12.1 Å². The van der Waals surface area contributed by atoms with E-state index in [0.717, 1.165) is 52.1 Å². The van der Waals surface area contributed by atoms with Gasteiger partial charge in [-0.05, 0) is 56.6 Å². The Bertz CT molecular complexity index is 1330. The average Bonchev–Trinajstić information content (AvgIpc) is 3.27. The van der Waals surface area contributed by atoms with Gasteiger partial charge in [0.2, 0.25) is 0 Å². The highest BCUT2D eigenvalue weighted by molar-refractivity contribution is 5.98. The molecule has 0 radical (unpaired) electrons. The van der Waals surface area contributed by atoms with Crippen LogP contribution in [0.5, 0.6) is 0 Å². The van der Waals surface area contributed by atoms with Gasteiger partial charge in [-0.15, -0.1) is 0 Å². The average molecular weight is 460 g/mol. The van der Waals surface area contributed by atoms with Gasteiger partial charge in [0, 0.05) is 62.0 Å². The number of piperidine rings is 1. The second-order valence-corrected chi connectivity index (χ2v) is 9.67. The molecule has 0 atom stereocenters. The molecule has 34 heavy (non-hydrogen) atoms. The van der Waals surface area contributed by atoms with E-state index in [4.69, 9.17) is 4.98 Å². The summed E-state index contributed by atoms with van der Waals surface area (Å²) in [5.74, 6) is -0.272. The van der Waals surface area contributed by atoms with E-state index < -0.39 is 0 Å². The SMILES string of the molecule is Cc1cc(-c2cnn3cc(N4CCC(N5CCN(C)CC5)CC4)cnc23)c2cc(F)ccc2n1. The topological polar surface area (TPSA) is 52.8 Å². The van der Waals surface area contributed by atoms with E-state index >= 15 is 0 Å². The van der Waals surface area contributed by atoms with Crippen LogP contribution >= 0.6 is 0 Å². The molecule has 0 spiro atoms. The van der Waals surface area contributed by atoms with Crippen LogP contribution in [-0.4, -0.2) is 81.7 Å². The van der Waals surface area contributed by atoms with Gasteiger partial charge < -0.3 is 9.80 Å². The molecule has 2 aliphatic heterocycles. The maximum atomic E-state index is 14.0. The van der Waals surface area contributed by atoms with Gasteiger partial charge >= 0.3 is 0 Å². The maximum absolute atomic E-state index is 14.0. The zero-order chi connectivity index (χ0) is 23.2. The summed E-state index contributed by atoms with van der Waals surface area (Å²) in [6.07, 6.45) is 8.21. The number of likely N-dealkylation sites (N-methyl/N-ethyl adjacent to an activating group) is 1. The van der Waals surface area contributed by atoms with Gasteiger partial charge in [-0.1, -0.05) is 0 Å². The number of nitrogens with zero attached hydrogens (tertiary/aromatic N) is 7. The normalized spacial score (nSPS) is 18.9. The molecule has 176 valence electrons. The number of aromatic nitrogens is 4. The summed E-state index contributed by atoms with van der Waals surface area (Å²) < 4.78 is 15.9. The number of benzene rings is 1. The highest BCUT2D eigenvalue weighted by Gasteiger charge is 2.27. The first-order valence-electron chi connectivity index (χ1n) is 12.1. The molecule has 0 aliphatic carbocycles. The summed E-state index contributed by atoms with van der Waals surface area (Å²) in [7, 11) is 2.21. The molecule has 2 aliphatic rings. The summed E-state index contributed by atoms with van der Waals surface area (Å²) in [6.45, 7) is 8.71. The molecule has 1 aromatic carbocycles. The highest BCUT2D eigenvalue weighted by Crippen LogP contribution is 2.32. The number of hydrogen-bond acceptors (Lipinski definition) is 6. The molecule has 0 amide bonds. The lowest BCUT2D eigenvalue weighted by Gasteiger charge is -2.42. The minimum atomic E-state index is -0.272.